The second kappa shape index (κ2) is 11.3. The van der Waals surface area contributed by atoms with Gasteiger partial charge in [-0.25, -0.2) is 0 Å². The van der Waals surface area contributed by atoms with E-state index in [0.29, 0.717) is 12.3 Å². The molecule has 2 unspecified atom stereocenters. The van der Waals surface area contributed by atoms with Gasteiger partial charge in [0, 0.05) is 44.1 Å². The minimum atomic E-state index is -0.644. The first-order valence-corrected chi connectivity index (χ1v) is 12.5. The van der Waals surface area contributed by atoms with Crippen molar-refractivity contribution in [1.82, 2.24) is 9.80 Å². The third-order valence-corrected chi connectivity index (χ3v) is 7.44. The highest BCUT2D eigenvalue weighted by molar-refractivity contribution is 5.81. The number of amides is 1. The SMILES string of the molecule is Cc1cc(OC(C)C(=O)N(C)C2CCN(CC(O)Nc3c(C)cccc3C)CC2)c(C)c(C)c1N. The fourth-order valence-electron chi connectivity index (χ4n) is 4.88. The van der Waals surface area contributed by atoms with E-state index in [4.69, 9.17) is 10.5 Å². The molecule has 0 radical (unpaired) electrons. The molecule has 0 aromatic heterocycles. The van der Waals surface area contributed by atoms with Crippen LogP contribution in [-0.2, 0) is 4.79 Å². The molecule has 1 saturated heterocycles. The number of nitrogen functional groups attached to an aromatic ring is 1. The summed E-state index contributed by atoms with van der Waals surface area (Å²) in [6.45, 7) is 14.0. The van der Waals surface area contributed by atoms with Crippen LogP contribution >= 0.6 is 0 Å². The molecule has 2 aromatic rings. The van der Waals surface area contributed by atoms with Crippen molar-refractivity contribution >= 4 is 17.3 Å². The number of ether oxygens (including phenoxy) is 1. The summed E-state index contributed by atoms with van der Waals surface area (Å²) in [6, 6.07) is 8.18. The lowest BCUT2D eigenvalue weighted by molar-refractivity contribution is -0.139. The van der Waals surface area contributed by atoms with Gasteiger partial charge in [0.2, 0.25) is 0 Å². The normalized spacial score (nSPS) is 16.6. The molecule has 0 spiro atoms. The van der Waals surface area contributed by atoms with Gasteiger partial charge in [-0.2, -0.15) is 0 Å². The highest BCUT2D eigenvalue weighted by Crippen LogP contribution is 2.30. The number of aliphatic hydroxyl groups excluding tert-OH is 1. The molecule has 4 N–H and O–H groups in total. The van der Waals surface area contributed by atoms with E-state index in [-0.39, 0.29) is 11.9 Å². The minimum Gasteiger partial charge on any atom is -0.481 e. The van der Waals surface area contributed by atoms with E-state index in [2.05, 4.69) is 10.2 Å². The van der Waals surface area contributed by atoms with Crippen LogP contribution in [0.2, 0.25) is 0 Å². The van der Waals surface area contributed by atoms with Gasteiger partial charge in [-0.05, 0) is 88.3 Å². The average molecular weight is 483 g/mol. The van der Waals surface area contributed by atoms with E-state index >= 15 is 0 Å². The Hall–Kier alpha value is -2.77. The van der Waals surface area contributed by atoms with Gasteiger partial charge in [0.1, 0.15) is 12.0 Å². The smallest absolute Gasteiger partial charge is 0.263 e. The number of β-amino-alcohol motifs (C(OH)–C–C–N with tert-alkyl or cyclic N) is 1. The third-order valence-electron chi connectivity index (χ3n) is 7.44. The number of likely N-dealkylation sites (N-methyl/N-ethyl adjacent to an activating group) is 1. The van der Waals surface area contributed by atoms with E-state index < -0.39 is 12.3 Å². The van der Waals surface area contributed by atoms with Gasteiger partial charge in [0.25, 0.3) is 5.91 Å². The van der Waals surface area contributed by atoms with Gasteiger partial charge in [0.15, 0.2) is 6.10 Å². The Morgan fingerprint density at radius 1 is 1.14 bits per heavy atom. The first-order valence-electron chi connectivity index (χ1n) is 12.5. The molecular formula is C28H42N4O3. The molecule has 3 rings (SSSR count). The van der Waals surface area contributed by atoms with Crippen LogP contribution in [0.1, 0.15) is 47.6 Å². The molecule has 0 aliphatic carbocycles. The molecule has 0 saturated carbocycles. The predicted octanol–water partition coefficient (Wildman–Crippen LogP) is 3.93. The number of nitrogens with one attached hydrogen (secondary N) is 1. The lowest BCUT2D eigenvalue weighted by atomic mass is 10.0. The molecule has 0 bridgehead atoms. The maximum Gasteiger partial charge on any atom is 0.263 e. The van der Waals surface area contributed by atoms with Crippen LogP contribution in [0.5, 0.6) is 5.75 Å². The Labute approximate surface area is 210 Å². The fraction of sp³-hybridized carbons (Fsp3) is 0.536. The van der Waals surface area contributed by atoms with Crippen molar-refractivity contribution in [3.05, 3.63) is 52.1 Å². The topological polar surface area (TPSA) is 91.1 Å². The second-order valence-corrected chi connectivity index (χ2v) is 10.0. The van der Waals surface area contributed by atoms with Crippen molar-refractivity contribution in [1.29, 1.82) is 0 Å². The number of piperidine rings is 1. The predicted molar refractivity (Wildman–Crippen MR) is 143 cm³/mol. The van der Waals surface area contributed by atoms with E-state index in [0.717, 1.165) is 65.1 Å². The zero-order chi connectivity index (χ0) is 25.9. The molecule has 1 aliphatic rings. The lowest BCUT2D eigenvalue weighted by Crippen LogP contribution is -2.50. The number of nitrogens with two attached hydrogens (primary N) is 1. The van der Waals surface area contributed by atoms with Gasteiger partial charge < -0.3 is 25.8 Å². The number of aliphatic hydroxyl groups is 1. The van der Waals surface area contributed by atoms with Crippen molar-refractivity contribution < 1.29 is 14.6 Å². The quantitative estimate of drug-likeness (QED) is 0.390. The van der Waals surface area contributed by atoms with Crippen LogP contribution in [-0.4, -0.2) is 65.9 Å². The van der Waals surface area contributed by atoms with Crippen LogP contribution in [0.4, 0.5) is 11.4 Å². The molecule has 192 valence electrons. The number of para-hydroxylation sites is 1. The maximum absolute atomic E-state index is 13.1. The van der Waals surface area contributed by atoms with E-state index in [1.54, 1.807) is 0 Å². The number of anilines is 2. The number of carbonyl (C=O) groups is 1. The number of carbonyl (C=O) groups excluding carboxylic acids is 1. The fourth-order valence-corrected chi connectivity index (χ4v) is 4.88. The standard InChI is InChI=1S/C28H42N4O3/c1-17-9-8-10-18(2)27(17)30-25(33)16-32-13-11-23(12-14-32)31(7)28(34)22(6)35-24-15-19(3)26(29)21(5)20(24)4/h8-10,15,22-23,25,30,33H,11-14,16,29H2,1-7H3. The second-order valence-electron chi connectivity index (χ2n) is 10.0. The van der Waals surface area contributed by atoms with E-state index in [1.807, 2.05) is 77.8 Å². The highest BCUT2D eigenvalue weighted by atomic mass is 16.5. The van der Waals surface area contributed by atoms with E-state index in [9.17, 15) is 9.90 Å². The average Bonchev–Trinajstić information content (AvgIpc) is 2.83. The largest absolute Gasteiger partial charge is 0.481 e. The number of rotatable bonds is 8. The Morgan fingerprint density at radius 2 is 1.74 bits per heavy atom. The maximum atomic E-state index is 13.1. The number of hydrogen-bond acceptors (Lipinski definition) is 6. The van der Waals surface area contributed by atoms with Gasteiger partial charge in [-0.3, -0.25) is 9.69 Å². The van der Waals surface area contributed by atoms with Crippen molar-refractivity contribution in [2.45, 2.75) is 72.8 Å². The van der Waals surface area contributed by atoms with Gasteiger partial charge in [-0.1, -0.05) is 18.2 Å². The van der Waals surface area contributed by atoms with Crippen LogP contribution in [0.3, 0.4) is 0 Å². The monoisotopic (exact) mass is 482 g/mol. The number of benzene rings is 2. The zero-order valence-electron chi connectivity index (χ0n) is 22.3. The van der Waals surface area contributed by atoms with E-state index in [1.165, 1.54) is 0 Å². The van der Waals surface area contributed by atoms with Crippen LogP contribution < -0.4 is 15.8 Å². The molecule has 2 aromatic carbocycles. The summed E-state index contributed by atoms with van der Waals surface area (Å²) in [6.07, 6.45) is 0.505. The lowest BCUT2D eigenvalue weighted by Gasteiger charge is -2.38. The summed E-state index contributed by atoms with van der Waals surface area (Å²) in [7, 11) is 1.87. The molecule has 1 amide bonds. The molecule has 1 aliphatic heterocycles. The summed E-state index contributed by atoms with van der Waals surface area (Å²) >= 11 is 0. The summed E-state index contributed by atoms with van der Waals surface area (Å²) < 4.78 is 6.09. The van der Waals surface area contributed by atoms with Gasteiger partial charge >= 0.3 is 0 Å². The van der Waals surface area contributed by atoms with Gasteiger partial charge in [0.05, 0.1) is 0 Å². The van der Waals surface area contributed by atoms with Crippen LogP contribution in [0, 0.1) is 34.6 Å². The molecule has 1 heterocycles. The Bertz CT molecular complexity index is 1030. The molecule has 1 fully saturated rings. The van der Waals surface area contributed by atoms with Crippen molar-refractivity contribution in [2.24, 2.45) is 0 Å². The summed E-state index contributed by atoms with van der Waals surface area (Å²) in [5, 5.41) is 13.9. The molecule has 7 heteroatoms. The number of hydrogen-bond donors (Lipinski definition) is 3. The van der Waals surface area contributed by atoms with Gasteiger partial charge in [-0.15, -0.1) is 0 Å². The number of likely N-dealkylation sites (tertiary alicyclic amines) is 1. The van der Waals surface area contributed by atoms with Crippen molar-refractivity contribution in [3.63, 3.8) is 0 Å². The Morgan fingerprint density at radius 3 is 2.34 bits per heavy atom. The van der Waals surface area contributed by atoms with Crippen molar-refractivity contribution in [3.8, 4) is 5.75 Å². The Balaban J connectivity index is 1.51. The molecule has 7 nitrogen and oxygen atoms in total. The molecular weight excluding hydrogens is 440 g/mol. The first kappa shape index (κ1) is 26.8. The zero-order valence-corrected chi connectivity index (χ0v) is 22.3. The summed E-state index contributed by atoms with van der Waals surface area (Å²) in [5.41, 5.74) is 13.1. The van der Waals surface area contributed by atoms with Crippen molar-refractivity contribution in [2.75, 3.05) is 37.7 Å². The summed E-state index contributed by atoms with van der Waals surface area (Å²) in [5.74, 6) is 0.690. The number of nitrogens with zero attached hydrogens (tertiary/aromatic N) is 2. The third kappa shape index (κ3) is 6.27. The highest BCUT2D eigenvalue weighted by Gasteiger charge is 2.29. The summed E-state index contributed by atoms with van der Waals surface area (Å²) in [4.78, 5) is 17.2. The minimum absolute atomic E-state index is 0.0216. The molecule has 2 atom stereocenters. The Kier molecular flexibility index (Phi) is 8.67. The number of aryl methyl sites for hydroxylation is 3. The molecule has 35 heavy (non-hydrogen) atoms. The first-order chi connectivity index (χ1) is 16.5. The van der Waals surface area contributed by atoms with Crippen LogP contribution in [0.25, 0.3) is 0 Å². The van der Waals surface area contributed by atoms with Crippen LogP contribution in [0.15, 0.2) is 24.3 Å².